The number of benzene rings is 1. The van der Waals surface area contributed by atoms with Crippen molar-refractivity contribution >= 4 is 27.4 Å². The van der Waals surface area contributed by atoms with Crippen molar-refractivity contribution in [2.75, 3.05) is 12.8 Å². The molecular weight excluding hydrogens is 344 g/mol. The summed E-state index contributed by atoms with van der Waals surface area (Å²) < 4.78 is 10.7. The molecular formula is C12H11BrN4O4. The maximum atomic E-state index is 10.9. The van der Waals surface area contributed by atoms with Crippen molar-refractivity contribution in [1.29, 1.82) is 0 Å². The molecule has 0 saturated carbocycles. The van der Waals surface area contributed by atoms with E-state index in [0.717, 1.165) is 0 Å². The summed E-state index contributed by atoms with van der Waals surface area (Å²) in [5.74, 6) is 1.00. The number of halogens is 1. The van der Waals surface area contributed by atoms with E-state index in [-0.39, 0.29) is 34.2 Å². The first kappa shape index (κ1) is 15.1. The maximum absolute atomic E-state index is 10.9. The van der Waals surface area contributed by atoms with Gasteiger partial charge in [-0.05, 0) is 22.0 Å². The van der Waals surface area contributed by atoms with Gasteiger partial charge in [0.05, 0.1) is 4.92 Å². The number of methoxy groups -OCH3 is 1. The van der Waals surface area contributed by atoms with E-state index in [4.69, 9.17) is 15.2 Å². The van der Waals surface area contributed by atoms with Crippen LogP contribution in [0.2, 0.25) is 0 Å². The summed E-state index contributed by atoms with van der Waals surface area (Å²) in [7, 11) is 1.50. The quantitative estimate of drug-likeness (QED) is 0.648. The minimum Gasteiger partial charge on any atom is -0.437 e. The minimum absolute atomic E-state index is 0.105. The molecule has 0 saturated heterocycles. The molecule has 0 radical (unpaired) electrons. The van der Waals surface area contributed by atoms with Crippen molar-refractivity contribution in [3.05, 3.63) is 44.7 Å². The van der Waals surface area contributed by atoms with E-state index in [2.05, 4.69) is 25.9 Å². The van der Waals surface area contributed by atoms with Crippen molar-refractivity contribution in [3.8, 4) is 11.6 Å². The van der Waals surface area contributed by atoms with Crippen molar-refractivity contribution < 1.29 is 14.4 Å². The molecule has 0 bridgehead atoms. The number of hydrogen-bond acceptors (Lipinski definition) is 7. The second-order valence-electron chi connectivity index (χ2n) is 3.93. The Bertz CT molecular complexity index is 680. The second kappa shape index (κ2) is 6.46. The molecule has 0 aliphatic heterocycles. The Balaban J connectivity index is 2.34. The number of nitrogen functional groups attached to an aromatic ring is 1. The molecule has 0 aliphatic carbocycles. The van der Waals surface area contributed by atoms with Crippen LogP contribution in [-0.2, 0) is 11.3 Å². The van der Waals surface area contributed by atoms with Gasteiger partial charge in [0.2, 0.25) is 5.88 Å². The van der Waals surface area contributed by atoms with Crippen LogP contribution >= 0.6 is 15.9 Å². The summed E-state index contributed by atoms with van der Waals surface area (Å²) in [6.45, 7) is 0.178. The van der Waals surface area contributed by atoms with Gasteiger partial charge in [0, 0.05) is 19.2 Å². The molecule has 2 N–H and O–H groups in total. The van der Waals surface area contributed by atoms with Crippen molar-refractivity contribution in [2.24, 2.45) is 0 Å². The molecule has 0 amide bonds. The third kappa shape index (κ3) is 3.64. The fourth-order valence-electron chi connectivity index (χ4n) is 1.57. The first-order valence-electron chi connectivity index (χ1n) is 5.74. The molecule has 0 spiro atoms. The van der Waals surface area contributed by atoms with Gasteiger partial charge in [0.1, 0.15) is 16.9 Å². The van der Waals surface area contributed by atoms with Crippen molar-refractivity contribution in [1.82, 2.24) is 9.97 Å². The summed E-state index contributed by atoms with van der Waals surface area (Å²) in [4.78, 5) is 18.4. The van der Waals surface area contributed by atoms with Crippen LogP contribution in [0.15, 0.2) is 28.7 Å². The highest BCUT2D eigenvalue weighted by atomic mass is 79.9. The lowest BCUT2D eigenvalue weighted by Gasteiger charge is -2.08. The number of aromatic nitrogens is 2. The molecule has 110 valence electrons. The van der Waals surface area contributed by atoms with Gasteiger partial charge in [-0.25, -0.2) is 4.98 Å². The highest BCUT2D eigenvalue weighted by Crippen LogP contribution is 2.36. The lowest BCUT2D eigenvalue weighted by atomic mass is 10.3. The Morgan fingerprint density at radius 1 is 1.43 bits per heavy atom. The number of ether oxygens (including phenoxy) is 2. The van der Waals surface area contributed by atoms with Crippen LogP contribution in [-0.4, -0.2) is 22.0 Å². The number of rotatable bonds is 5. The molecule has 1 aromatic carbocycles. The third-order valence-corrected chi connectivity index (χ3v) is 3.19. The smallest absolute Gasteiger partial charge is 0.287 e. The summed E-state index contributed by atoms with van der Waals surface area (Å²) in [6.07, 6.45) is 0. The standard InChI is InChI=1S/C12H11BrN4O4/c1-20-6-10-15-9(14)5-11(16-10)21-8-4-2-3-7(12(8)13)17(18)19/h2-5H,6H2,1H3,(H2,14,15,16). The fourth-order valence-corrected chi connectivity index (χ4v) is 2.06. The summed E-state index contributed by atoms with van der Waals surface area (Å²) in [5.41, 5.74) is 5.55. The molecule has 21 heavy (non-hydrogen) atoms. The second-order valence-corrected chi connectivity index (χ2v) is 4.72. The van der Waals surface area contributed by atoms with Gasteiger partial charge in [0.15, 0.2) is 11.6 Å². The monoisotopic (exact) mass is 354 g/mol. The Labute approximate surface area is 128 Å². The number of nitrogens with two attached hydrogens (primary N) is 1. The largest absolute Gasteiger partial charge is 0.437 e. The normalized spacial score (nSPS) is 10.4. The van der Waals surface area contributed by atoms with Gasteiger partial charge in [-0.3, -0.25) is 10.1 Å². The predicted octanol–water partition coefficient (Wildman–Crippen LogP) is 2.67. The van der Waals surface area contributed by atoms with E-state index in [9.17, 15) is 10.1 Å². The molecule has 0 atom stereocenters. The molecule has 0 aliphatic rings. The lowest BCUT2D eigenvalue weighted by molar-refractivity contribution is -0.385. The number of nitrogens with zero attached hydrogens (tertiary/aromatic N) is 3. The highest BCUT2D eigenvalue weighted by Gasteiger charge is 2.17. The molecule has 8 nitrogen and oxygen atoms in total. The van der Waals surface area contributed by atoms with Crippen LogP contribution in [0.1, 0.15) is 5.82 Å². The minimum atomic E-state index is -0.512. The predicted molar refractivity (Wildman–Crippen MR) is 78.0 cm³/mol. The number of nitro groups is 1. The lowest BCUT2D eigenvalue weighted by Crippen LogP contribution is -2.03. The topological polar surface area (TPSA) is 113 Å². The Hall–Kier alpha value is -2.26. The van der Waals surface area contributed by atoms with Crippen LogP contribution in [0.5, 0.6) is 11.6 Å². The summed E-state index contributed by atoms with van der Waals surface area (Å²) in [5, 5.41) is 10.9. The average molecular weight is 355 g/mol. The number of anilines is 1. The number of hydrogen-bond donors (Lipinski definition) is 1. The maximum Gasteiger partial charge on any atom is 0.287 e. The Kier molecular flexibility index (Phi) is 4.66. The van der Waals surface area contributed by atoms with Crippen LogP contribution < -0.4 is 10.5 Å². The molecule has 9 heteroatoms. The van der Waals surface area contributed by atoms with Gasteiger partial charge >= 0.3 is 0 Å². The van der Waals surface area contributed by atoms with Crippen LogP contribution in [0, 0.1) is 10.1 Å². The van der Waals surface area contributed by atoms with E-state index < -0.39 is 4.92 Å². The summed E-state index contributed by atoms with van der Waals surface area (Å²) >= 11 is 3.14. The molecule has 0 unspecified atom stereocenters. The molecule has 1 aromatic heterocycles. The first-order chi connectivity index (χ1) is 10.0. The Morgan fingerprint density at radius 2 is 2.19 bits per heavy atom. The van der Waals surface area contributed by atoms with E-state index in [0.29, 0.717) is 5.82 Å². The third-order valence-electron chi connectivity index (χ3n) is 2.40. The van der Waals surface area contributed by atoms with Gasteiger partial charge in [0.25, 0.3) is 5.69 Å². The SMILES string of the molecule is COCc1nc(N)cc(Oc2cccc([N+](=O)[O-])c2Br)n1. The van der Waals surface area contributed by atoms with E-state index >= 15 is 0 Å². The zero-order chi connectivity index (χ0) is 15.4. The highest BCUT2D eigenvalue weighted by molar-refractivity contribution is 9.10. The van der Waals surface area contributed by atoms with Crippen LogP contribution in [0.25, 0.3) is 0 Å². The summed E-state index contributed by atoms with van der Waals surface area (Å²) in [6, 6.07) is 5.87. The van der Waals surface area contributed by atoms with E-state index in [1.807, 2.05) is 0 Å². The zero-order valence-corrected chi connectivity index (χ0v) is 12.5. The van der Waals surface area contributed by atoms with E-state index in [1.165, 1.54) is 25.3 Å². The van der Waals surface area contributed by atoms with Gasteiger partial charge in [-0.2, -0.15) is 4.98 Å². The van der Waals surface area contributed by atoms with Crippen molar-refractivity contribution in [3.63, 3.8) is 0 Å². The van der Waals surface area contributed by atoms with Crippen LogP contribution in [0.3, 0.4) is 0 Å². The van der Waals surface area contributed by atoms with Gasteiger partial charge in [-0.15, -0.1) is 0 Å². The van der Waals surface area contributed by atoms with Gasteiger partial charge < -0.3 is 15.2 Å². The zero-order valence-electron chi connectivity index (χ0n) is 10.9. The van der Waals surface area contributed by atoms with Crippen LogP contribution in [0.4, 0.5) is 11.5 Å². The Morgan fingerprint density at radius 3 is 2.86 bits per heavy atom. The molecule has 2 rings (SSSR count). The molecule has 1 heterocycles. The number of nitro benzene ring substituents is 1. The molecule has 2 aromatic rings. The average Bonchev–Trinajstić information content (AvgIpc) is 2.40. The molecule has 0 fully saturated rings. The van der Waals surface area contributed by atoms with E-state index in [1.54, 1.807) is 6.07 Å². The van der Waals surface area contributed by atoms with Gasteiger partial charge in [-0.1, -0.05) is 6.07 Å². The first-order valence-corrected chi connectivity index (χ1v) is 6.53. The fraction of sp³-hybridized carbons (Fsp3) is 0.167. The van der Waals surface area contributed by atoms with Crippen molar-refractivity contribution in [2.45, 2.75) is 6.61 Å².